The van der Waals surface area contributed by atoms with Gasteiger partial charge < -0.3 is 33.9 Å². The summed E-state index contributed by atoms with van der Waals surface area (Å²) in [5.41, 5.74) is 6.13. The summed E-state index contributed by atoms with van der Waals surface area (Å²) in [4.78, 5) is 14.0. The third kappa shape index (κ3) is 4.09. The van der Waals surface area contributed by atoms with Gasteiger partial charge in [0, 0.05) is 25.5 Å². The first kappa shape index (κ1) is 23.7. The summed E-state index contributed by atoms with van der Waals surface area (Å²) in [7, 11) is 4.04. The molecule has 0 radical (unpaired) electrons. The van der Waals surface area contributed by atoms with Crippen LogP contribution in [0.1, 0.15) is 22.8 Å². The number of aromatic nitrogens is 5. The molecule has 0 saturated heterocycles. The predicted molar refractivity (Wildman–Crippen MR) is 87.6 cm³/mol. The van der Waals surface area contributed by atoms with E-state index in [0.717, 1.165) is 45.8 Å². The number of hydrogen-bond acceptors (Lipinski definition) is 3. The average Bonchev–Trinajstić information content (AvgIpc) is 2.92. The Morgan fingerprint density at radius 2 is 1.04 bits per heavy atom. The number of aryl methyl sites for hydroxylation is 2. The van der Waals surface area contributed by atoms with Crippen LogP contribution in [0, 0.1) is 27.7 Å². The van der Waals surface area contributed by atoms with E-state index in [1.54, 1.807) is 0 Å². The number of pyridine rings is 1. The number of halogens is 2. The molecule has 0 atom stereocenters. The molecule has 0 spiro atoms. The van der Waals surface area contributed by atoms with E-state index in [1.165, 1.54) is 0 Å². The molecular formula is C17H21Cl2FeN5. The van der Waals surface area contributed by atoms with Crippen LogP contribution in [0.15, 0.2) is 18.2 Å². The maximum atomic E-state index is 4.78. The van der Waals surface area contributed by atoms with Crippen molar-refractivity contribution in [1.82, 2.24) is 24.1 Å². The summed E-state index contributed by atoms with van der Waals surface area (Å²) in [6, 6.07) is 6.00. The van der Waals surface area contributed by atoms with Crippen LogP contribution in [0.5, 0.6) is 0 Å². The quantitative estimate of drug-likeness (QED) is 0.418. The van der Waals surface area contributed by atoms with Crippen LogP contribution >= 0.6 is 0 Å². The predicted octanol–water partition coefficient (Wildman–Crippen LogP) is -2.88. The van der Waals surface area contributed by atoms with E-state index in [0.29, 0.717) is 0 Å². The molecule has 0 aromatic carbocycles. The zero-order valence-electron chi connectivity index (χ0n) is 15.1. The smallest absolute Gasteiger partial charge is 1.00 e. The first-order valence-corrected chi connectivity index (χ1v) is 7.37. The molecule has 0 amide bonds. The van der Waals surface area contributed by atoms with E-state index >= 15 is 0 Å². The summed E-state index contributed by atoms with van der Waals surface area (Å²) in [6.07, 6.45) is 0. The molecule has 0 saturated carbocycles. The molecule has 0 unspecified atom stereocenters. The van der Waals surface area contributed by atoms with Crippen LogP contribution in [0.25, 0.3) is 23.0 Å². The Kier molecular flexibility index (Phi) is 8.38. The molecule has 0 aliphatic carbocycles. The van der Waals surface area contributed by atoms with E-state index in [4.69, 9.17) is 4.98 Å². The van der Waals surface area contributed by atoms with Gasteiger partial charge in [0.1, 0.15) is 11.4 Å². The van der Waals surface area contributed by atoms with Gasteiger partial charge in [-0.2, -0.15) is 0 Å². The third-order valence-corrected chi connectivity index (χ3v) is 4.44. The topological polar surface area (TPSA) is 48.5 Å². The largest absolute Gasteiger partial charge is 2.00 e. The van der Waals surface area contributed by atoms with E-state index in [-0.39, 0.29) is 41.9 Å². The minimum absolute atomic E-state index is 0. The van der Waals surface area contributed by atoms with E-state index < -0.39 is 0 Å². The van der Waals surface area contributed by atoms with Crippen LogP contribution in [0.4, 0.5) is 0 Å². The normalized spacial score (nSPS) is 9.84. The fourth-order valence-corrected chi connectivity index (χ4v) is 2.57. The standard InChI is InChI=1S/C17H21N5.2ClH.Fe/c1-10-12(3)21(5)16(18-10)14-8-7-9-15(20-14)17-19-11(2)13(4)22(17)6;;;/h7-9H,1-6H3;2*1H;/q;;;+2/p-2. The second-order valence-corrected chi connectivity index (χ2v) is 5.74. The maximum Gasteiger partial charge on any atom is 2.00 e. The summed E-state index contributed by atoms with van der Waals surface area (Å²) in [6.45, 7) is 8.19. The second-order valence-electron chi connectivity index (χ2n) is 5.74. The van der Waals surface area contributed by atoms with E-state index in [1.807, 2.05) is 46.1 Å². The first-order chi connectivity index (χ1) is 10.4. The SMILES string of the molecule is Cc1nc(-c2cccc(-c3nc(C)c(C)n3C)n2)n(C)c1C.[Cl-].[Cl-].[Fe+2]. The summed E-state index contributed by atoms with van der Waals surface area (Å²) < 4.78 is 4.16. The van der Waals surface area contributed by atoms with Gasteiger partial charge in [-0.25, -0.2) is 15.0 Å². The Morgan fingerprint density at radius 3 is 1.32 bits per heavy atom. The molecule has 25 heavy (non-hydrogen) atoms. The van der Waals surface area contributed by atoms with Crippen molar-refractivity contribution >= 4 is 0 Å². The summed E-state index contributed by atoms with van der Waals surface area (Å²) >= 11 is 0. The Labute approximate surface area is 171 Å². The van der Waals surface area contributed by atoms with Gasteiger partial charge >= 0.3 is 17.1 Å². The molecule has 0 aliphatic heterocycles. The Balaban J connectivity index is 0.00000192. The van der Waals surface area contributed by atoms with Crippen LogP contribution in [0.2, 0.25) is 0 Å². The first-order valence-electron chi connectivity index (χ1n) is 7.37. The van der Waals surface area contributed by atoms with Gasteiger partial charge in [-0.3, -0.25) is 0 Å². The van der Waals surface area contributed by atoms with Crippen molar-refractivity contribution in [2.45, 2.75) is 27.7 Å². The zero-order chi connectivity index (χ0) is 16.0. The van der Waals surface area contributed by atoms with Crippen LogP contribution < -0.4 is 24.8 Å². The van der Waals surface area contributed by atoms with Gasteiger partial charge in [-0.15, -0.1) is 0 Å². The maximum absolute atomic E-state index is 4.78. The number of rotatable bonds is 2. The molecule has 0 aliphatic rings. The summed E-state index contributed by atoms with van der Waals surface area (Å²) in [5, 5.41) is 0. The molecule has 3 rings (SSSR count). The van der Waals surface area contributed by atoms with Crippen molar-refractivity contribution in [2.24, 2.45) is 14.1 Å². The number of nitrogens with zero attached hydrogens (tertiary/aromatic N) is 5. The molecule has 0 bridgehead atoms. The Bertz CT molecular complexity index is 803. The van der Waals surface area contributed by atoms with E-state index in [9.17, 15) is 0 Å². The van der Waals surface area contributed by atoms with Gasteiger partial charge in [-0.05, 0) is 39.8 Å². The number of imidazole rings is 2. The van der Waals surface area contributed by atoms with Gasteiger partial charge in [0.05, 0.1) is 11.4 Å². The molecule has 5 nitrogen and oxygen atoms in total. The second kappa shape index (κ2) is 8.86. The van der Waals surface area contributed by atoms with E-state index in [2.05, 4.69) is 32.9 Å². The van der Waals surface area contributed by atoms with Gasteiger partial charge in [0.25, 0.3) is 0 Å². The van der Waals surface area contributed by atoms with Gasteiger partial charge in [0.15, 0.2) is 11.6 Å². The zero-order valence-corrected chi connectivity index (χ0v) is 17.7. The molecule has 0 fully saturated rings. The van der Waals surface area contributed by atoms with Crippen molar-refractivity contribution in [3.63, 3.8) is 0 Å². The average molecular weight is 422 g/mol. The molecule has 0 N–H and O–H groups in total. The Morgan fingerprint density at radius 1 is 0.680 bits per heavy atom. The van der Waals surface area contributed by atoms with Gasteiger partial charge in [0.2, 0.25) is 0 Å². The van der Waals surface area contributed by atoms with Crippen molar-refractivity contribution in [3.8, 4) is 23.0 Å². The van der Waals surface area contributed by atoms with Crippen LogP contribution in [0.3, 0.4) is 0 Å². The fourth-order valence-electron chi connectivity index (χ4n) is 2.57. The van der Waals surface area contributed by atoms with Crippen LogP contribution in [-0.4, -0.2) is 24.1 Å². The molecule has 3 aromatic rings. The Hall–Kier alpha value is -1.33. The molecule has 136 valence electrons. The van der Waals surface area contributed by atoms with Gasteiger partial charge in [-0.1, -0.05) is 6.07 Å². The minimum atomic E-state index is 0. The fraction of sp³-hybridized carbons (Fsp3) is 0.353. The number of hydrogen-bond donors (Lipinski definition) is 0. The summed E-state index contributed by atoms with van der Waals surface area (Å²) in [5.74, 6) is 1.78. The van der Waals surface area contributed by atoms with Crippen molar-refractivity contribution in [3.05, 3.63) is 41.0 Å². The monoisotopic (exact) mass is 421 g/mol. The molecule has 3 heterocycles. The third-order valence-electron chi connectivity index (χ3n) is 4.44. The minimum Gasteiger partial charge on any atom is -1.00 e. The molecule has 8 heteroatoms. The van der Waals surface area contributed by atoms with Crippen molar-refractivity contribution in [1.29, 1.82) is 0 Å². The van der Waals surface area contributed by atoms with Crippen molar-refractivity contribution < 1.29 is 41.9 Å². The van der Waals surface area contributed by atoms with Crippen LogP contribution in [-0.2, 0) is 31.2 Å². The molecule has 3 aromatic heterocycles. The molecular weight excluding hydrogens is 401 g/mol. The van der Waals surface area contributed by atoms with Crippen molar-refractivity contribution in [2.75, 3.05) is 0 Å².